The van der Waals surface area contributed by atoms with Gasteiger partial charge in [-0.05, 0) is 19.1 Å². The SMILES string of the molecule is CCNC(=NC)Nc1ccc2c(c1)OCCCO2. The van der Waals surface area contributed by atoms with Crippen LogP contribution in [0.25, 0.3) is 0 Å². The predicted molar refractivity (Wildman–Crippen MR) is 72.7 cm³/mol. The Morgan fingerprint density at radius 2 is 2.06 bits per heavy atom. The zero-order valence-electron chi connectivity index (χ0n) is 10.8. The molecule has 1 aliphatic rings. The molecule has 0 saturated heterocycles. The van der Waals surface area contributed by atoms with Gasteiger partial charge in [-0.25, -0.2) is 0 Å². The van der Waals surface area contributed by atoms with Gasteiger partial charge in [0.05, 0.1) is 13.2 Å². The molecule has 0 bridgehead atoms. The van der Waals surface area contributed by atoms with Crippen molar-refractivity contribution in [3.8, 4) is 11.5 Å². The Morgan fingerprint density at radius 1 is 1.28 bits per heavy atom. The topological polar surface area (TPSA) is 54.9 Å². The lowest BCUT2D eigenvalue weighted by molar-refractivity contribution is 0.297. The van der Waals surface area contributed by atoms with Crippen LogP contribution in [0.3, 0.4) is 0 Å². The van der Waals surface area contributed by atoms with Gasteiger partial charge >= 0.3 is 0 Å². The number of fused-ring (bicyclic) bond motifs is 1. The normalized spacial score (nSPS) is 14.9. The fraction of sp³-hybridized carbons (Fsp3) is 0.462. The molecule has 0 fully saturated rings. The van der Waals surface area contributed by atoms with Gasteiger partial charge in [-0.1, -0.05) is 0 Å². The van der Waals surface area contributed by atoms with Crippen molar-refractivity contribution in [2.75, 3.05) is 32.1 Å². The Hall–Kier alpha value is -1.91. The Labute approximate surface area is 107 Å². The minimum Gasteiger partial charge on any atom is -0.490 e. The van der Waals surface area contributed by atoms with Gasteiger partial charge in [0.25, 0.3) is 0 Å². The summed E-state index contributed by atoms with van der Waals surface area (Å²) in [5, 5.41) is 6.34. The summed E-state index contributed by atoms with van der Waals surface area (Å²) in [5.41, 5.74) is 0.931. The first kappa shape index (κ1) is 12.5. The summed E-state index contributed by atoms with van der Waals surface area (Å²) >= 11 is 0. The molecule has 0 aromatic heterocycles. The van der Waals surface area contributed by atoms with Gasteiger partial charge in [0.15, 0.2) is 17.5 Å². The Morgan fingerprint density at radius 3 is 2.78 bits per heavy atom. The lowest BCUT2D eigenvalue weighted by atomic mass is 10.3. The van der Waals surface area contributed by atoms with Crippen molar-refractivity contribution in [1.29, 1.82) is 0 Å². The number of aliphatic imine (C=N–C) groups is 1. The van der Waals surface area contributed by atoms with Crippen LogP contribution >= 0.6 is 0 Å². The number of benzene rings is 1. The molecular weight excluding hydrogens is 230 g/mol. The van der Waals surface area contributed by atoms with Gasteiger partial charge in [-0.15, -0.1) is 0 Å². The molecule has 2 N–H and O–H groups in total. The summed E-state index contributed by atoms with van der Waals surface area (Å²) in [4.78, 5) is 4.13. The van der Waals surface area contributed by atoms with Gasteiger partial charge in [0.1, 0.15) is 0 Å². The van der Waals surface area contributed by atoms with Crippen LogP contribution in [0.5, 0.6) is 11.5 Å². The van der Waals surface area contributed by atoms with Crippen molar-refractivity contribution in [1.82, 2.24) is 5.32 Å². The van der Waals surface area contributed by atoms with Crippen molar-refractivity contribution in [3.63, 3.8) is 0 Å². The highest BCUT2D eigenvalue weighted by Crippen LogP contribution is 2.32. The highest BCUT2D eigenvalue weighted by molar-refractivity contribution is 5.93. The summed E-state index contributed by atoms with van der Waals surface area (Å²) in [6, 6.07) is 5.81. The third kappa shape index (κ3) is 3.06. The number of hydrogen-bond donors (Lipinski definition) is 2. The first-order valence-electron chi connectivity index (χ1n) is 6.21. The molecule has 1 aromatic carbocycles. The molecule has 0 saturated carbocycles. The molecule has 0 unspecified atom stereocenters. The number of guanidine groups is 1. The van der Waals surface area contributed by atoms with Gasteiger partial charge in [0.2, 0.25) is 0 Å². The number of hydrogen-bond acceptors (Lipinski definition) is 3. The van der Waals surface area contributed by atoms with E-state index >= 15 is 0 Å². The van der Waals surface area contributed by atoms with Crippen molar-refractivity contribution in [2.45, 2.75) is 13.3 Å². The number of nitrogens with zero attached hydrogens (tertiary/aromatic N) is 1. The quantitative estimate of drug-likeness (QED) is 0.620. The van der Waals surface area contributed by atoms with E-state index in [1.165, 1.54) is 0 Å². The number of rotatable bonds is 2. The van der Waals surface area contributed by atoms with E-state index in [-0.39, 0.29) is 0 Å². The molecule has 2 rings (SSSR count). The van der Waals surface area contributed by atoms with Crippen LogP contribution in [0.4, 0.5) is 5.69 Å². The van der Waals surface area contributed by atoms with E-state index in [1.807, 2.05) is 25.1 Å². The van der Waals surface area contributed by atoms with Gasteiger partial charge in [-0.3, -0.25) is 4.99 Å². The monoisotopic (exact) mass is 249 g/mol. The van der Waals surface area contributed by atoms with Gasteiger partial charge in [-0.2, -0.15) is 0 Å². The van der Waals surface area contributed by atoms with Crippen LogP contribution in [-0.4, -0.2) is 32.8 Å². The van der Waals surface area contributed by atoms with Crippen molar-refractivity contribution in [3.05, 3.63) is 18.2 Å². The van der Waals surface area contributed by atoms with Crippen LogP contribution in [0.1, 0.15) is 13.3 Å². The third-order valence-corrected chi connectivity index (χ3v) is 2.58. The average molecular weight is 249 g/mol. The lowest BCUT2D eigenvalue weighted by Gasteiger charge is -2.12. The second-order valence-corrected chi connectivity index (χ2v) is 3.94. The van der Waals surface area contributed by atoms with E-state index in [2.05, 4.69) is 15.6 Å². The minimum absolute atomic E-state index is 0.693. The molecule has 1 heterocycles. The van der Waals surface area contributed by atoms with Crippen LogP contribution in [0.2, 0.25) is 0 Å². The van der Waals surface area contributed by atoms with Crippen molar-refractivity contribution in [2.24, 2.45) is 4.99 Å². The highest BCUT2D eigenvalue weighted by atomic mass is 16.5. The molecule has 0 radical (unpaired) electrons. The Balaban J connectivity index is 2.12. The van der Waals surface area contributed by atoms with Crippen LogP contribution in [-0.2, 0) is 0 Å². The van der Waals surface area contributed by atoms with Crippen LogP contribution in [0.15, 0.2) is 23.2 Å². The standard InChI is InChI=1S/C13H19N3O2/c1-3-15-13(14-2)16-10-5-6-11-12(9-10)18-8-4-7-17-11/h5-6,9H,3-4,7-8H2,1-2H3,(H2,14,15,16). The summed E-state index contributed by atoms with van der Waals surface area (Å²) in [6.07, 6.45) is 0.913. The summed E-state index contributed by atoms with van der Waals surface area (Å²) in [5.74, 6) is 2.33. The van der Waals surface area contributed by atoms with E-state index in [0.717, 1.165) is 36.1 Å². The third-order valence-electron chi connectivity index (χ3n) is 2.58. The zero-order chi connectivity index (χ0) is 12.8. The summed E-state index contributed by atoms with van der Waals surface area (Å²) < 4.78 is 11.2. The molecule has 0 spiro atoms. The molecule has 5 heteroatoms. The predicted octanol–water partition coefficient (Wildman–Crippen LogP) is 1.86. The van der Waals surface area contributed by atoms with Crippen LogP contribution in [0, 0.1) is 0 Å². The van der Waals surface area contributed by atoms with E-state index in [1.54, 1.807) is 7.05 Å². The van der Waals surface area contributed by atoms with E-state index < -0.39 is 0 Å². The van der Waals surface area contributed by atoms with E-state index in [9.17, 15) is 0 Å². The molecule has 98 valence electrons. The van der Waals surface area contributed by atoms with E-state index in [4.69, 9.17) is 9.47 Å². The van der Waals surface area contributed by atoms with Gasteiger partial charge in [0, 0.05) is 31.8 Å². The zero-order valence-corrected chi connectivity index (χ0v) is 10.8. The Bertz CT molecular complexity index is 432. The molecule has 0 atom stereocenters. The summed E-state index contributed by atoms with van der Waals surface area (Å²) in [6.45, 7) is 4.25. The molecule has 0 aliphatic carbocycles. The molecule has 1 aliphatic heterocycles. The van der Waals surface area contributed by atoms with Crippen LogP contribution < -0.4 is 20.1 Å². The van der Waals surface area contributed by atoms with Crippen molar-refractivity contribution < 1.29 is 9.47 Å². The molecular formula is C13H19N3O2. The second-order valence-electron chi connectivity index (χ2n) is 3.94. The maximum absolute atomic E-state index is 5.64. The number of ether oxygens (including phenoxy) is 2. The second kappa shape index (κ2) is 6.14. The average Bonchev–Trinajstić information content (AvgIpc) is 2.63. The molecule has 0 amide bonds. The maximum Gasteiger partial charge on any atom is 0.195 e. The van der Waals surface area contributed by atoms with E-state index in [0.29, 0.717) is 13.2 Å². The lowest BCUT2D eigenvalue weighted by Crippen LogP contribution is -2.30. The fourth-order valence-corrected chi connectivity index (χ4v) is 1.72. The molecule has 1 aromatic rings. The first-order valence-corrected chi connectivity index (χ1v) is 6.21. The largest absolute Gasteiger partial charge is 0.490 e. The maximum atomic E-state index is 5.64. The number of anilines is 1. The first-order chi connectivity index (χ1) is 8.83. The van der Waals surface area contributed by atoms with Crippen molar-refractivity contribution >= 4 is 11.6 Å². The minimum atomic E-state index is 0.693. The molecule has 5 nitrogen and oxygen atoms in total. The highest BCUT2D eigenvalue weighted by Gasteiger charge is 2.10. The number of nitrogens with one attached hydrogen (secondary N) is 2. The van der Waals surface area contributed by atoms with Gasteiger partial charge < -0.3 is 20.1 Å². The fourth-order valence-electron chi connectivity index (χ4n) is 1.72. The summed E-state index contributed by atoms with van der Waals surface area (Å²) in [7, 11) is 1.74. The molecule has 18 heavy (non-hydrogen) atoms. The smallest absolute Gasteiger partial charge is 0.195 e. The Kier molecular flexibility index (Phi) is 4.28.